The molecule has 0 radical (unpaired) electrons. The Morgan fingerprint density at radius 1 is 1.00 bits per heavy atom. The Bertz CT molecular complexity index is 360. The van der Waals surface area contributed by atoms with Crippen LogP contribution in [0.5, 0.6) is 0 Å². The monoisotopic (exact) mass is 279 g/mol. The quantitative estimate of drug-likeness (QED) is 0.576. The molecular weight excluding hydrogens is 242 g/mol. The highest BCUT2D eigenvalue weighted by Crippen LogP contribution is 2.41. The van der Waals surface area contributed by atoms with Crippen LogP contribution >= 0.6 is 0 Å². The van der Waals surface area contributed by atoms with E-state index in [-0.39, 0.29) is 10.8 Å². The van der Waals surface area contributed by atoms with E-state index in [9.17, 15) is 0 Å². The normalized spacial score (nSPS) is 15.7. The molecule has 1 atom stereocenters. The second-order valence-electron chi connectivity index (χ2n) is 8.04. The fraction of sp³-hybridized carbons (Fsp3) is 0.789. The second kappa shape index (κ2) is 6.83. The van der Waals surface area contributed by atoms with Gasteiger partial charge in [-0.05, 0) is 29.7 Å². The number of allylic oxidation sites excluding steroid dienone is 3. The van der Waals surface area contributed by atoms with Crippen molar-refractivity contribution in [2.45, 2.75) is 75.2 Å². The third-order valence-electron chi connectivity index (χ3n) is 4.20. The van der Waals surface area contributed by atoms with Crippen LogP contribution in [0, 0.1) is 16.7 Å². The largest absolute Gasteiger partial charge is 0.351 e. The van der Waals surface area contributed by atoms with Gasteiger partial charge >= 0.3 is 0 Å². The van der Waals surface area contributed by atoms with Crippen molar-refractivity contribution in [3.63, 3.8) is 0 Å². The summed E-state index contributed by atoms with van der Waals surface area (Å²) in [5.74, 6) is 0.524. The first-order valence-corrected chi connectivity index (χ1v) is 8.04. The Morgan fingerprint density at radius 3 is 1.70 bits per heavy atom. The Hall–Kier alpha value is -0.720. The Kier molecular flexibility index (Phi) is 6.58. The molecule has 0 fully saturated rings. The van der Waals surface area contributed by atoms with Crippen molar-refractivity contribution in [2.75, 3.05) is 7.05 Å². The van der Waals surface area contributed by atoms with Crippen LogP contribution in [-0.2, 0) is 0 Å². The molecule has 0 saturated carbocycles. The van der Waals surface area contributed by atoms with E-state index in [1.807, 2.05) is 0 Å². The molecule has 0 rings (SSSR count). The molecule has 1 nitrogen and oxygen atoms in total. The van der Waals surface area contributed by atoms with Crippen molar-refractivity contribution in [3.05, 3.63) is 23.5 Å². The first-order chi connectivity index (χ1) is 8.87. The van der Waals surface area contributed by atoms with E-state index in [4.69, 9.17) is 0 Å². The highest BCUT2D eigenvalue weighted by molar-refractivity contribution is 5.27. The minimum Gasteiger partial charge on any atom is -0.351 e. The lowest BCUT2D eigenvalue weighted by molar-refractivity contribution is 0.306. The van der Waals surface area contributed by atoms with Crippen LogP contribution in [0.15, 0.2) is 23.5 Å². The van der Waals surface area contributed by atoms with Gasteiger partial charge in [0.1, 0.15) is 0 Å². The maximum absolute atomic E-state index is 4.35. The number of rotatable bonds is 5. The molecular formula is C19H37N. The number of hydrogen-bond acceptors (Lipinski definition) is 1. The molecule has 0 saturated heterocycles. The van der Waals surface area contributed by atoms with Crippen LogP contribution in [0.3, 0.4) is 0 Å². The molecule has 0 aliphatic rings. The lowest BCUT2D eigenvalue weighted by Crippen LogP contribution is -2.32. The maximum Gasteiger partial charge on any atom is 0.0224 e. The van der Waals surface area contributed by atoms with E-state index in [1.165, 1.54) is 17.0 Å². The second-order valence-corrected chi connectivity index (χ2v) is 8.04. The van der Waals surface area contributed by atoms with Gasteiger partial charge in [-0.2, -0.15) is 0 Å². The number of nitrogens with zero attached hydrogens (tertiary/aromatic N) is 1. The van der Waals surface area contributed by atoms with Gasteiger partial charge in [0.05, 0.1) is 0 Å². The summed E-state index contributed by atoms with van der Waals surface area (Å²) in [6, 6.07) is 0. The lowest BCUT2D eigenvalue weighted by atomic mass is 9.76. The van der Waals surface area contributed by atoms with E-state index in [0.717, 1.165) is 12.8 Å². The molecule has 0 amide bonds. The lowest BCUT2D eigenvalue weighted by Gasteiger charge is -2.40. The van der Waals surface area contributed by atoms with Crippen LogP contribution in [0.25, 0.3) is 0 Å². The van der Waals surface area contributed by atoms with Crippen LogP contribution in [0.2, 0.25) is 0 Å². The van der Waals surface area contributed by atoms with Gasteiger partial charge in [0.25, 0.3) is 0 Å². The summed E-state index contributed by atoms with van der Waals surface area (Å²) in [7, 11) is 2.19. The predicted molar refractivity (Wildman–Crippen MR) is 92.6 cm³/mol. The smallest absolute Gasteiger partial charge is 0.0224 e. The van der Waals surface area contributed by atoms with Crippen LogP contribution in [0.1, 0.15) is 75.2 Å². The standard InChI is InChI=1S/C19H37N/c1-12-14(3)15(4)20(11)17(19(8,9)10)16(13-2)18(5,6)7/h14H,4,12-13H2,1-3,5-11H3/b17-16+. The molecule has 0 aliphatic carbocycles. The average Bonchev–Trinajstić information content (AvgIpc) is 2.29. The van der Waals surface area contributed by atoms with Gasteiger partial charge in [-0.1, -0.05) is 68.9 Å². The summed E-state index contributed by atoms with van der Waals surface area (Å²) in [6.07, 6.45) is 2.23. The molecule has 0 spiro atoms. The van der Waals surface area contributed by atoms with Crippen molar-refractivity contribution >= 4 is 0 Å². The summed E-state index contributed by atoms with van der Waals surface area (Å²) in [5.41, 5.74) is 4.54. The van der Waals surface area contributed by atoms with E-state index in [2.05, 4.69) is 80.8 Å². The zero-order valence-electron chi connectivity index (χ0n) is 15.6. The highest BCUT2D eigenvalue weighted by atomic mass is 15.1. The van der Waals surface area contributed by atoms with Crippen molar-refractivity contribution in [3.8, 4) is 0 Å². The highest BCUT2D eigenvalue weighted by Gasteiger charge is 2.30. The minimum absolute atomic E-state index is 0.129. The molecule has 118 valence electrons. The predicted octanol–water partition coefficient (Wildman–Crippen LogP) is 6.23. The Morgan fingerprint density at radius 2 is 1.45 bits per heavy atom. The van der Waals surface area contributed by atoms with Crippen LogP contribution in [0.4, 0.5) is 0 Å². The first-order valence-electron chi connectivity index (χ1n) is 8.04. The molecule has 0 N–H and O–H groups in total. The molecule has 20 heavy (non-hydrogen) atoms. The Balaban J connectivity index is 5.95. The van der Waals surface area contributed by atoms with E-state index in [1.54, 1.807) is 0 Å². The SMILES string of the molecule is C=C(C(C)CC)N(C)/C(=C(\CC)C(C)(C)C)C(C)(C)C. The van der Waals surface area contributed by atoms with Crippen LogP contribution < -0.4 is 0 Å². The van der Waals surface area contributed by atoms with E-state index < -0.39 is 0 Å². The number of hydrogen-bond donors (Lipinski definition) is 0. The topological polar surface area (TPSA) is 3.24 Å². The fourth-order valence-corrected chi connectivity index (χ4v) is 2.92. The fourth-order valence-electron chi connectivity index (χ4n) is 2.92. The molecule has 0 bridgehead atoms. The van der Waals surface area contributed by atoms with Crippen molar-refractivity contribution in [2.24, 2.45) is 16.7 Å². The van der Waals surface area contributed by atoms with Gasteiger partial charge in [0, 0.05) is 23.9 Å². The zero-order chi connectivity index (χ0) is 16.3. The maximum atomic E-state index is 4.35. The third-order valence-corrected chi connectivity index (χ3v) is 4.20. The molecule has 0 aliphatic heterocycles. The van der Waals surface area contributed by atoms with Crippen LogP contribution in [-0.4, -0.2) is 11.9 Å². The van der Waals surface area contributed by atoms with E-state index in [0.29, 0.717) is 5.92 Å². The van der Waals surface area contributed by atoms with E-state index >= 15 is 0 Å². The summed E-state index contributed by atoms with van der Waals surface area (Å²) >= 11 is 0. The molecule has 0 aromatic heterocycles. The van der Waals surface area contributed by atoms with Gasteiger partial charge in [-0.25, -0.2) is 0 Å². The summed E-state index contributed by atoms with van der Waals surface area (Å²) < 4.78 is 0. The molecule has 1 unspecified atom stereocenters. The Labute approximate surface area is 128 Å². The average molecular weight is 280 g/mol. The molecule has 0 aromatic carbocycles. The van der Waals surface area contributed by atoms with Gasteiger partial charge < -0.3 is 4.90 Å². The molecule has 0 aromatic rings. The molecule has 0 heterocycles. The molecule has 1 heteroatoms. The van der Waals surface area contributed by atoms with Crippen molar-refractivity contribution in [1.82, 2.24) is 4.90 Å². The first kappa shape index (κ1) is 19.3. The summed E-state index contributed by atoms with van der Waals surface area (Å²) in [4.78, 5) is 2.36. The summed E-state index contributed by atoms with van der Waals surface area (Å²) in [6.45, 7) is 25.0. The van der Waals surface area contributed by atoms with Gasteiger partial charge in [-0.3, -0.25) is 0 Å². The zero-order valence-corrected chi connectivity index (χ0v) is 15.6. The van der Waals surface area contributed by atoms with Gasteiger partial charge in [-0.15, -0.1) is 0 Å². The summed E-state index contributed by atoms with van der Waals surface area (Å²) in [5, 5.41) is 0. The van der Waals surface area contributed by atoms with Gasteiger partial charge in [0.15, 0.2) is 0 Å². The minimum atomic E-state index is 0.129. The van der Waals surface area contributed by atoms with Crippen molar-refractivity contribution in [1.29, 1.82) is 0 Å². The van der Waals surface area contributed by atoms with Crippen molar-refractivity contribution < 1.29 is 0 Å². The van der Waals surface area contributed by atoms with Gasteiger partial charge in [0.2, 0.25) is 0 Å². The third kappa shape index (κ3) is 4.68.